The Balaban J connectivity index is 1.39. The summed E-state index contributed by atoms with van der Waals surface area (Å²) in [5, 5.41) is 3.58. The van der Waals surface area contributed by atoms with E-state index in [4.69, 9.17) is 22.1 Å². The molecule has 2 aromatic carbocycles. The van der Waals surface area contributed by atoms with Crippen LogP contribution in [-0.4, -0.2) is 51.9 Å². The Morgan fingerprint density at radius 3 is 2.73 bits per heavy atom. The number of fused-ring (bicyclic) bond motifs is 1. The number of ether oxygens (including phenoxy) is 1. The Hall–Kier alpha value is -3.69. The van der Waals surface area contributed by atoms with E-state index < -0.39 is 5.82 Å². The Morgan fingerprint density at radius 2 is 2.03 bits per heavy atom. The highest BCUT2D eigenvalue weighted by Gasteiger charge is 2.24. The standard InChI is InChI=1S/C27H28ClFN6O2/c1-16-11-18(3-4-19(16)27(36)34-8-5-17(14-30)6-9-34)33-25-26-32-15-23(35(26)10-7-31-25)20-12-21(28)24(37-2)13-22(20)29/h3-4,7,10-13,15,17H,5-6,8-9,14,30H2,1-2H3,(H,31,33). The van der Waals surface area contributed by atoms with Crippen LogP contribution in [0.2, 0.25) is 5.02 Å². The molecule has 37 heavy (non-hydrogen) atoms. The van der Waals surface area contributed by atoms with E-state index in [-0.39, 0.29) is 11.7 Å². The second-order valence-electron chi connectivity index (χ2n) is 9.21. The minimum atomic E-state index is -0.475. The van der Waals surface area contributed by atoms with Gasteiger partial charge in [-0.15, -0.1) is 0 Å². The zero-order chi connectivity index (χ0) is 26.1. The predicted octanol–water partition coefficient (Wildman–Crippen LogP) is 5.06. The van der Waals surface area contributed by atoms with Crippen molar-refractivity contribution in [2.45, 2.75) is 19.8 Å². The molecule has 0 bridgehead atoms. The fourth-order valence-electron chi connectivity index (χ4n) is 4.75. The molecule has 1 aliphatic heterocycles. The van der Waals surface area contributed by atoms with Gasteiger partial charge in [0.2, 0.25) is 0 Å². The van der Waals surface area contributed by atoms with Crippen molar-refractivity contribution in [3.8, 4) is 17.0 Å². The number of likely N-dealkylation sites (tertiary alicyclic amines) is 1. The van der Waals surface area contributed by atoms with E-state index in [2.05, 4.69) is 15.3 Å². The first kappa shape index (κ1) is 25.0. The van der Waals surface area contributed by atoms with Gasteiger partial charge in [0.25, 0.3) is 5.91 Å². The molecule has 10 heteroatoms. The number of anilines is 2. The summed E-state index contributed by atoms with van der Waals surface area (Å²) in [5.41, 5.74) is 9.43. The molecule has 8 nitrogen and oxygen atoms in total. The number of aryl methyl sites for hydroxylation is 1. The molecule has 1 aliphatic rings. The van der Waals surface area contributed by atoms with Gasteiger partial charge in [-0.2, -0.15) is 0 Å². The molecule has 5 rings (SSSR count). The number of carbonyl (C=O) groups is 1. The Labute approximate surface area is 219 Å². The topological polar surface area (TPSA) is 97.8 Å². The maximum atomic E-state index is 14.8. The number of hydrogen-bond donors (Lipinski definition) is 2. The van der Waals surface area contributed by atoms with Gasteiger partial charge in [0, 0.05) is 48.4 Å². The SMILES string of the molecule is COc1cc(F)c(-c2cnc3c(Nc4ccc(C(=O)N5CCC(CN)CC5)c(C)c4)nccn23)cc1Cl. The number of nitrogens with one attached hydrogen (secondary N) is 1. The molecular weight excluding hydrogens is 495 g/mol. The maximum absolute atomic E-state index is 14.8. The molecule has 3 N–H and O–H groups in total. The number of rotatable bonds is 6. The van der Waals surface area contributed by atoms with Gasteiger partial charge in [-0.05, 0) is 62.1 Å². The van der Waals surface area contributed by atoms with Crippen LogP contribution < -0.4 is 15.8 Å². The van der Waals surface area contributed by atoms with Gasteiger partial charge in [-0.25, -0.2) is 14.4 Å². The van der Waals surface area contributed by atoms with Crippen molar-refractivity contribution in [2.75, 3.05) is 32.1 Å². The number of nitrogens with two attached hydrogens (primary N) is 1. The molecule has 0 aliphatic carbocycles. The van der Waals surface area contributed by atoms with E-state index in [1.165, 1.54) is 19.2 Å². The van der Waals surface area contributed by atoms with E-state index in [0.717, 1.165) is 37.2 Å². The molecular formula is C27H28ClFN6O2. The number of amides is 1. The zero-order valence-corrected chi connectivity index (χ0v) is 21.4. The number of piperidine rings is 1. The van der Waals surface area contributed by atoms with Gasteiger partial charge < -0.3 is 20.7 Å². The lowest BCUT2D eigenvalue weighted by Gasteiger charge is -2.31. The van der Waals surface area contributed by atoms with Crippen molar-refractivity contribution in [2.24, 2.45) is 11.7 Å². The molecule has 3 heterocycles. The second-order valence-corrected chi connectivity index (χ2v) is 9.61. The van der Waals surface area contributed by atoms with Crippen molar-refractivity contribution < 1.29 is 13.9 Å². The van der Waals surface area contributed by atoms with E-state index in [9.17, 15) is 9.18 Å². The fourth-order valence-corrected chi connectivity index (χ4v) is 4.99. The molecule has 0 radical (unpaired) electrons. The van der Waals surface area contributed by atoms with Crippen molar-refractivity contribution in [3.63, 3.8) is 0 Å². The number of benzene rings is 2. The van der Waals surface area contributed by atoms with Crippen LogP contribution in [0, 0.1) is 18.7 Å². The van der Waals surface area contributed by atoms with Crippen LogP contribution in [0.1, 0.15) is 28.8 Å². The van der Waals surface area contributed by atoms with Gasteiger partial charge in [0.1, 0.15) is 11.6 Å². The van der Waals surface area contributed by atoms with Crippen LogP contribution in [0.3, 0.4) is 0 Å². The summed E-state index contributed by atoms with van der Waals surface area (Å²) in [6, 6.07) is 8.37. The highest BCUT2D eigenvalue weighted by Crippen LogP contribution is 2.34. The first-order valence-corrected chi connectivity index (χ1v) is 12.5. The van der Waals surface area contributed by atoms with Crippen LogP contribution in [0.5, 0.6) is 5.75 Å². The summed E-state index contributed by atoms with van der Waals surface area (Å²) < 4.78 is 21.7. The summed E-state index contributed by atoms with van der Waals surface area (Å²) in [4.78, 5) is 23.9. The monoisotopic (exact) mass is 522 g/mol. The van der Waals surface area contributed by atoms with Gasteiger partial charge in [-0.3, -0.25) is 9.20 Å². The number of carbonyl (C=O) groups excluding carboxylic acids is 1. The Bertz CT molecular complexity index is 1470. The summed E-state index contributed by atoms with van der Waals surface area (Å²) in [6.45, 7) is 4.05. The third kappa shape index (κ3) is 4.84. The number of hydrogen-bond acceptors (Lipinski definition) is 6. The highest BCUT2D eigenvalue weighted by atomic mass is 35.5. The Morgan fingerprint density at radius 1 is 1.24 bits per heavy atom. The summed E-state index contributed by atoms with van der Waals surface area (Å²) >= 11 is 6.24. The predicted molar refractivity (Wildman–Crippen MR) is 142 cm³/mol. The summed E-state index contributed by atoms with van der Waals surface area (Å²) in [7, 11) is 1.44. The molecule has 192 valence electrons. The van der Waals surface area contributed by atoms with Crippen molar-refractivity contribution in [1.82, 2.24) is 19.3 Å². The third-order valence-corrected chi connectivity index (χ3v) is 7.20. The molecule has 1 saturated heterocycles. The van der Waals surface area contributed by atoms with Crippen LogP contribution in [-0.2, 0) is 0 Å². The lowest BCUT2D eigenvalue weighted by atomic mass is 9.96. The average molecular weight is 523 g/mol. The minimum absolute atomic E-state index is 0.0397. The van der Waals surface area contributed by atoms with Crippen LogP contribution in [0.4, 0.5) is 15.9 Å². The third-order valence-electron chi connectivity index (χ3n) is 6.90. The van der Waals surface area contributed by atoms with E-state index in [0.29, 0.717) is 45.8 Å². The summed E-state index contributed by atoms with van der Waals surface area (Å²) in [5.74, 6) is 0.817. The van der Waals surface area contributed by atoms with Crippen molar-refractivity contribution in [1.29, 1.82) is 0 Å². The minimum Gasteiger partial charge on any atom is -0.495 e. The molecule has 0 unspecified atom stereocenters. The lowest BCUT2D eigenvalue weighted by molar-refractivity contribution is 0.0692. The Kier molecular flexibility index (Phi) is 6.99. The fraction of sp³-hybridized carbons (Fsp3) is 0.296. The number of nitrogens with zero attached hydrogens (tertiary/aromatic N) is 4. The largest absolute Gasteiger partial charge is 0.495 e. The van der Waals surface area contributed by atoms with E-state index in [1.807, 2.05) is 30.0 Å². The molecule has 4 aromatic rings. The van der Waals surface area contributed by atoms with Crippen LogP contribution >= 0.6 is 11.6 Å². The first-order valence-electron chi connectivity index (χ1n) is 12.1. The number of halogens is 2. The molecule has 0 atom stereocenters. The van der Waals surface area contributed by atoms with Crippen LogP contribution in [0.25, 0.3) is 16.9 Å². The highest BCUT2D eigenvalue weighted by molar-refractivity contribution is 6.32. The van der Waals surface area contributed by atoms with Crippen molar-refractivity contribution in [3.05, 3.63) is 70.9 Å². The number of methoxy groups -OCH3 is 1. The quantitative estimate of drug-likeness (QED) is 0.367. The van der Waals surface area contributed by atoms with Gasteiger partial charge in [0.15, 0.2) is 11.5 Å². The second kappa shape index (κ2) is 10.4. The molecule has 2 aromatic heterocycles. The van der Waals surface area contributed by atoms with E-state index >= 15 is 0 Å². The lowest BCUT2D eigenvalue weighted by Crippen LogP contribution is -2.40. The van der Waals surface area contributed by atoms with Crippen molar-refractivity contribution >= 4 is 34.7 Å². The zero-order valence-electron chi connectivity index (χ0n) is 20.7. The van der Waals surface area contributed by atoms with Gasteiger partial charge in [-0.1, -0.05) is 11.6 Å². The maximum Gasteiger partial charge on any atom is 0.254 e. The average Bonchev–Trinajstić information content (AvgIpc) is 3.34. The first-order chi connectivity index (χ1) is 17.9. The normalized spacial score (nSPS) is 14.2. The molecule has 1 amide bonds. The molecule has 0 saturated carbocycles. The number of aromatic nitrogens is 3. The van der Waals surface area contributed by atoms with E-state index in [1.54, 1.807) is 23.0 Å². The smallest absolute Gasteiger partial charge is 0.254 e. The molecule has 1 fully saturated rings. The molecule has 0 spiro atoms. The number of imidazole rings is 1. The van der Waals surface area contributed by atoms with Crippen LogP contribution in [0.15, 0.2) is 48.9 Å². The van der Waals surface area contributed by atoms with Gasteiger partial charge >= 0.3 is 0 Å². The summed E-state index contributed by atoms with van der Waals surface area (Å²) in [6.07, 6.45) is 6.77. The van der Waals surface area contributed by atoms with Gasteiger partial charge in [0.05, 0.1) is 24.0 Å².